The van der Waals surface area contributed by atoms with Crippen molar-refractivity contribution in [1.29, 1.82) is 0 Å². The van der Waals surface area contributed by atoms with Crippen molar-refractivity contribution in [1.82, 2.24) is 29.4 Å². The normalized spacial score (nSPS) is 21.7. The average Bonchev–Trinajstić information content (AvgIpc) is 3.11. The second kappa shape index (κ2) is 30.6. The lowest BCUT2D eigenvalue weighted by atomic mass is 9.94. The predicted octanol–water partition coefficient (Wildman–Crippen LogP) is 13.0. The smallest absolute Gasteiger partial charge is 0.345 e. The summed E-state index contributed by atoms with van der Waals surface area (Å²) >= 11 is 0. The third-order valence-electron chi connectivity index (χ3n) is 11.2. The van der Waals surface area contributed by atoms with Crippen molar-refractivity contribution in [2.24, 2.45) is 32.5 Å². The van der Waals surface area contributed by atoms with E-state index in [-0.39, 0.29) is 48.3 Å². The van der Waals surface area contributed by atoms with Gasteiger partial charge in [-0.15, -0.1) is 0 Å². The molecule has 5 aliphatic rings. The molecule has 14 heteroatoms. The van der Waals surface area contributed by atoms with Crippen LogP contribution in [0.5, 0.6) is 0 Å². The van der Waals surface area contributed by atoms with E-state index in [1.807, 2.05) is 0 Å². The molecule has 0 unspecified atom stereocenters. The maximum absolute atomic E-state index is 12.8. The Morgan fingerprint density at radius 3 is 1.10 bits per heavy atom. The maximum atomic E-state index is 12.8. The summed E-state index contributed by atoms with van der Waals surface area (Å²) in [7, 11) is 4.20. The van der Waals surface area contributed by atoms with Gasteiger partial charge in [-0.3, -0.25) is 9.80 Å². The summed E-state index contributed by atoms with van der Waals surface area (Å²) < 4.78 is 83.9. The zero-order valence-corrected chi connectivity index (χ0v) is 48.6. The highest BCUT2D eigenvalue weighted by Crippen LogP contribution is 2.31. The van der Waals surface area contributed by atoms with Crippen molar-refractivity contribution in [2.45, 2.75) is 194 Å². The summed E-state index contributed by atoms with van der Waals surface area (Å²) in [6.07, 6.45) is 5.53. The molecule has 0 N–H and O–H groups in total. The summed E-state index contributed by atoms with van der Waals surface area (Å²) in [5, 5.41) is 0. The fourth-order valence-corrected chi connectivity index (χ4v) is 9.29. The van der Waals surface area contributed by atoms with Gasteiger partial charge in [0.2, 0.25) is 0 Å². The van der Waals surface area contributed by atoms with Gasteiger partial charge in [-0.25, -0.2) is 17.6 Å². The van der Waals surface area contributed by atoms with Gasteiger partial charge < -0.3 is 29.1 Å². The van der Waals surface area contributed by atoms with E-state index in [4.69, 9.17) is 4.74 Å². The molecule has 0 bridgehead atoms. The molecule has 5 fully saturated rings. The van der Waals surface area contributed by atoms with Gasteiger partial charge in [-0.2, -0.15) is 8.78 Å². The Labute approximate surface area is 422 Å². The zero-order valence-electron chi connectivity index (χ0n) is 48.6. The van der Waals surface area contributed by atoms with Crippen LogP contribution in [-0.2, 0) is 9.47 Å². The Morgan fingerprint density at radius 2 is 0.797 bits per heavy atom. The first-order valence-electron chi connectivity index (χ1n) is 26.5. The lowest BCUT2D eigenvalue weighted by Crippen LogP contribution is -2.57. The first-order valence-corrected chi connectivity index (χ1v) is 26.5. The molecule has 0 aromatic heterocycles. The molecule has 5 saturated heterocycles. The Kier molecular flexibility index (Phi) is 30.3. The highest BCUT2D eigenvalue weighted by molar-refractivity contribution is 4.89. The minimum absolute atomic E-state index is 0.0308. The van der Waals surface area contributed by atoms with Gasteiger partial charge >= 0.3 is 6.61 Å². The number of alkyl halides is 6. The van der Waals surface area contributed by atoms with Crippen LogP contribution in [0.25, 0.3) is 0 Å². The molecule has 69 heavy (non-hydrogen) atoms. The molecule has 0 aliphatic carbocycles. The van der Waals surface area contributed by atoms with Crippen LogP contribution in [0.4, 0.5) is 26.3 Å². The summed E-state index contributed by atoms with van der Waals surface area (Å²) in [6, 6.07) is 0. The zero-order chi connectivity index (χ0) is 53.7. The van der Waals surface area contributed by atoms with Crippen molar-refractivity contribution in [2.75, 3.05) is 132 Å². The fraction of sp³-hybridized carbons (Fsp3) is 1.00. The van der Waals surface area contributed by atoms with Gasteiger partial charge in [0, 0.05) is 91.4 Å². The molecule has 0 aromatic rings. The lowest BCUT2D eigenvalue weighted by molar-refractivity contribution is -0.173. The Hall–Kier alpha value is -0.740. The van der Waals surface area contributed by atoms with Gasteiger partial charge in [-0.05, 0) is 85.4 Å². The molecule has 0 saturated carbocycles. The number of likely N-dealkylation sites (tertiary alicyclic amines) is 4. The van der Waals surface area contributed by atoms with Crippen molar-refractivity contribution in [3.05, 3.63) is 0 Å². The molecule has 5 heterocycles. The highest BCUT2D eigenvalue weighted by Gasteiger charge is 2.44. The first kappa shape index (κ1) is 68.3. The Morgan fingerprint density at radius 1 is 0.464 bits per heavy atom. The van der Waals surface area contributed by atoms with Crippen LogP contribution < -0.4 is 0 Å². The molecule has 8 nitrogen and oxygen atoms in total. The number of halogens is 6. The molecule has 5 aliphatic heterocycles. The Bertz CT molecular complexity index is 1250. The third-order valence-corrected chi connectivity index (χ3v) is 11.2. The summed E-state index contributed by atoms with van der Waals surface area (Å²) in [5.74, 6) is -4.82. The van der Waals surface area contributed by atoms with Crippen LogP contribution in [0.15, 0.2) is 0 Å². The monoisotopic (exact) mass is 1000 g/mol. The maximum Gasteiger partial charge on any atom is 0.345 e. The fourth-order valence-electron chi connectivity index (χ4n) is 9.29. The van der Waals surface area contributed by atoms with E-state index in [1.54, 1.807) is 4.90 Å². The van der Waals surface area contributed by atoms with Gasteiger partial charge in [0.1, 0.15) is 0 Å². The minimum atomic E-state index is -2.62. The molecule has 0 aromatic carbocycles. The van der Waals surface area contributed by atoms with Crippen molar-refractivity contribution < 1.29 is 35.8 Å². The minimum Gasteiger partial charge on any atom is -0.379 e. The lowest BCUT2D eigenvalue weighted by Gasteiger charge is -2.41. The second-order valence-corrected chi connectivity index (χ2v) is 28.3. The van der Waals surface area contributed by atoms with E-state index in [0.29, 0.717) is 29.3 Å². The van der Waals surface area contributed by atoms with E-state index >= 15 is 0 Å². The molecule has 0 atom stereocenters. The average molecular weight is 1000 g/mol. The quantitative estimate of drug-likeness (QED) is 0.223. The van der Waals surface area contributed by atoms with E-state index in [1.165, 1.54) is 45.4 Å². The number of ether oxygens (including phenoxy) is 2. The van der Waals surface area contributed by atoms with Crippen LogP contribution in [0.1, 0.15) is 170 Å². The second-order valence-electron chi connectivity index (χ2n) is 28.3. The van der Waals surface area contributed by atoms with E-state index in [9.17, 15) is 26.3 Å². The van der Waals surface area contributed by atoms with Gasteiger partial charge in [-0.1, -0.05) is 131 Å². The van der Waals surface area contributed by atoms with Crippen LogP contribution >= 0.6 is 0 Å². The number of piperidine rings is 3. The molecule has 416 valence electrons. The van der Waals surface area contributed by atoms with Crippen LogP contribution in [0.3, 0.4) is 0 Å². The Balaban J connectivity index is 0.000000812. The standard InChI is InChI=1S/C11H21F2NO.C10H19F2N.C10H21N.C9H19NO.C8H15F2N.C7H17N/c1-11(2,3)8-14-6-4-9(5-7-14)15-10(12)13;1-9(2,3)8-13-6-4-10(11,12)5-7-13;1-10(2,3)9-11-7-5-4-6-8-11;1-9(2,3)8-10-4-6-11-7-5-10;1-7(2,3)4-11-5-8(9,10)6-11;1-7(2,3)6-8(4)5/h9-10H,4-8H2,1-3H3;4-8H2,1-3H3;4-9H2,1-3H3;4-8H2,1-3H3;4-6H2,1-3H3;6H2,1-5H3. The molecule has 0 radical (unpaired) electrons. The largest absolute Gasteiger partial charge is 0.379 e. The van der Waals surface area contributed by atoms with Crippen LogP contribution in [-0.4, -0.2) is 186 Å². The molecular weight excluding hydrogens is 891 g/mol. The number of morpholine rings is 1. The topological polar surface area (TPSA) is 37.9 Å². The van der Waals surface area contributed by atoms with E-state index in [0.717, 1.165) is 78.4 Å². The first-order chi connectivity index (χ1) is 31.0. The van der Waals surface area contributed by atoms with Crippen molar-refractivity contribution >= 4 is 0 Å². The number of hydrogen-bond donors (Lipinski definition) is 0. The van der Waals surface area contributed by atoms with E-state index < -0.39 is 18.5 Å². The summed E-state index contributed by atoms with van der Waals surface area (Å²) in [5.41, 5.74) is 1.98. The molecule has 5 rings (SSSR count). The van der Waals surface area contributed by atoms with Crippen LogP contribution in [0.2, 0.25) is 0 Å². The van der Waals surface area contributed by atoms with Crippen molar-refractivity contribution in [3.8, 4) is 0 Å². The predicted molar refractivity (Wildman–Crippen MR) is 281 cm³/mol. The number of nitrogens with zero attached hydrogens (tertiary/aromatic N) is 6. The molecule has 0 spiro atoms. The van der Waals surface area contributed by atoms with Crippen molar-refractivity contribution in [3.63, 3.8) is 0 Å². The number of rotatable bonds is 8. The number of hydrogen-bond acceptors (Lipinski definition) is 8. The van der Waals surface area contributed by atoms with E-state index in [2.05, 4.69) is 168 Å². The molecule has 0 amide bonds. The van der Waals surface area contributed by atoms with Crippen LogP contribution in [0, 0.1) is 32.5 Å². The SMILES string of the molecule is CC(C)(C)CN1CC(F)(F)C1.CC(C)(C)CN1CCC(F)(F)CC1.CC(C)(C)CN1CCC(OC(F)F)CC1.CC(C)(C)CN1CCCCC1.CC(C)(C)CN1CCOCC1.CN(C)CC(C)(C)C. The van der Waals surface area contributed by atoms with Gasteiger partial charge in [0.25, 0.3) is 11.8 Å². The van der Waals surface area contributed by atoms with Gasteiger partial charge in [0.05, 0.1) is 32.4 Å². The summed E-state index contributed by atoms with van der Waals surface area (Å²) in [6.45, 7) is 52.8. The third kappa shape index (κ3) is 43.4. The van der Waals surface area contributed by atoms with Gasteiger partial charge in [0.15, 0.2) is 0 Å². The highest BCUT2D eigenvalue weighted by atomic mass is 19.3. The summed E-state index contributed by atoms with van der Waals surface area (Å²) in [4.78, 5) is 13.5. The molecular formula is C55H112F6N6O2.